The second kappa shape index (κ2) is 8.75. The monoisotopic (exact) mass is 397 g/mol. The highest BCUT2D eigenvalue weighted by Gasteiger charge is 2.10. The normalized spacial score (nSPS) is 10.5. The van der Waals surface area contributed by atoms with Crippen LogP contribution in [0.1, 0.15) is 24.2 Å². The quantitative estimate of drug-likeness (QED) is 0.610. The summed E-state index contributed by atoms with van der Waals surface area (Å²) in [6, 6.07) is 16.8. The van der Waals surface area contributed by atoms with Gasteiger partial charge in [0, 0.05) is 16.5 Å². The molecule has 2 N–H and O–H groups in total. The zero-order valence-electron chi connectivity index (χ0n) is 14.9. The smallest absolute Gasteiger partial charge is 0.257 e. The minimum Gasteiger partial charge on any atom is -0.491 e. The van der Waals surface area contributed by atoms with Crippen molar-refractivity contribution in [3.05, 3.63) is 65.5 Å². The SMILES string of the molecule is CC(C)Oc1ccc(C(=O)NC(=S)Nc2nc(-c3ccccc3)cs2)cc1. The number of thiazole rings is 1. The molecule has 0 aliphatic heterocycles. The highest BCUT2D eigenvalue weighted by atomic mass is 32.1. The van der Waals surface area contributed by atoms with Crippen molar-refractivity contribution in [2.45, 2.75) is 20.0 Å². The summed E-state index contributed by atoms with van der Waals surface area (Å²) in [6.45, 7) is 3.90. The van der Waals surface area contributed by atoms with Gasteiger partial charge in [0.05, 0.1) is 11.8 Å². The molecule has 1 aromatic heterocycles. The fraction of sp³-hybridized carbons (Fsp3) is 0.150. The van der Waals surface area contributed by atoms with Crippen molar-refractivity contribution in [3.63, 3.8) is 0 Å². The van der Waals surface area contributed by atoms with Gasteiger partial charge in [-0.3, -0.25) is 10.1 Å². The first-order valence-corrected chi connectivity index (χ1v) is 9.70. The van der Waals surface area contributed by atoms with Crippen molar-refractivity contribution in [2.24, 2.45) is 0 Å². The summed E-state index contributed by atoms with van der Waals surface area (Å²) in [5.41, 5.74) is 2.39. The van der Waals surface area contributed by atoms with E-state index >= 15 is 0 Å². The molecule has 0 fully saturated rings. The van der Waals surface area contributed by atoms with E-state index in [1.807, 2.05) is 49.6 Å². The van der Waals surface area contributed by atoms with Gasteiger partial charge in [-0.2, -0.15) is 0 Å². The van der Waals surface area contributed by atoms with Crippen molar-refractivity contribution in [1.82, 2.24) is 10.3 Å². The number of benzene rings is 2. The molecule has 7 heteroatoms. The standard InChI is InChI=1S/C20H19N3O2S2/c1-13(2)25-16-10-8-15(9-11-16)18(24)22-19(26)23-20-21-17(12-27-20)14-6-4-3-5-7-14/h3-13H,1-2H3,(H2,21,22,23,24,26). The van der Waals surface area contributed by atoms with Gasteiger partial charge in [0.15, 0.2) is 10.2 Å². The van der Waals surface area contributed by atoms with E-state index in [9.17, 15) is 4.79 Å². The lowest BCUT2D eigenvalue weighted by molar-refractivity contribution is 0.0977. The van der Waals surface area contributed by atoms with E-state index in [2.05, 4.69) is 15.6 Å². The zero-order chi connectivity index (χ0) is 19.2. The Hall–Kier alpha value is -2.77. The van der Waals surface area contributed by atoms with Crippen molar-refractivity contribution in [2.75, 3.05) is 5.32 Å². The molecular formula is C20H19N3O2S2. The molecule has 0 saturated carbocycles. The molecule has 0 aliphatic rings. The van der Waals surface area contributed by atoms with Crippen LogP contribution in [0.15, 0.2) is 60.0 Å². The van der Waals surface area contributed by atoms with Crippen molar-refractivity contribution in [3.8, 4) is 17.0 Å². The van der Waals surface area contributed by atoms with Gasteiger partial charge >= 0.3 is 0 Å². The minimum absolute atomic E-state index is 0.0838. The molecule has 5 nitrogen and oxygen atoms in total. The number of anilines is 1. The summed E-state index contributed by atoms with van der Waals surface area (Å²) in [6.07, 6.45) is 0.0838. The van der Waals surface area contributed by atoms with Gasteiger partial charge in [-0.15, -0.1) is 11.3 Å². The number of aromatic nitrogens is 1. The summed E-state index contributed by atoms with van der Waals surface area (Å²) in [5.74, 6) is 0.432. The Balaban J connectivity index is 1.57. The number of hydrogen-bond acceptors (Lipinski definition) is 5. The van der Waals surface area contributed by atoms with Crippen molar-refractivity contribution >= 4 is 39.7 Å². The van der Waals surface area contributed by atoms with E-state index in [0.717, 1.165) is 17.0 Å². The second-order valence-corrected chi connectivity index (χ2v) is 7.27. The number of carbonyl (C=O) groups excluding carboxylic acids is 1. The van der Waals surface area contributed by atoms with Crippen LogP contribution in [-0.4, -0.2) is 22.1 Å². The lowest BCUT2D eigenvalue weighted by Crippen LogP contribution is -2.34. The molecule has 2 aromatic carbocycles. The number of nitrogens with zero attached hydrogens (tertiary/aromatic N) is 1. The van der Waals surface area contributed by atoms with E-state index in [1.165, 1.54) is 11.3 Å². The first-order chi connectivity index (χ1) is 13.0. The van der Waals surface area contributed by atoms with E-state index in [-0.39, 0.29) is 17.1 Å². The number of rotatable bonds is 5. The van der Waals surface area contributed by atoms with Gasteiger partial charge in [0.2, 0.25) is 0 Å². The van der Waals surface area contributed by atoms with Gasteiger partial charge in [0.25, 0.3) is 5.91 Å². The Kier molecular flexibility index (Phi) is 6.16. The molecule has 0 atom stereocenters. The Morgan fingerprint density at radius 3 is 2.48 bits per heavy atom. The van der Waals surface area contributed by atoms with Crippen LogP contribution in [0.25, 0.3) is 11.3 Å². The highest BCUT2D eigenvalue weighted by molar-refractivity contribution is 7.80. The van der Waals surface area contributed by atoms with E-state index < -0.39 is 0 Å². The molecule has 3 aromatic rings. The predicted octanol–water partition coefficient (Wildman–Crippen LogP) is 4.72. The summed E-state index contributed by atoms with van der Waals surface area (Å²) in [5, 5.41) is 8.38. The third-order valence-electron chi connectivity index (χ3n) is 3.51. The second-order valence-electron chi connectivity index (χ2n) is 6.00. The van der Waals surface area contributed by atoms with Crippen molar-refractivity contribution in [1.29, 1.82) is 0 Å². The minimum atomic E-state index is -0.288. The maximum absolute atomic E-state index is 12.3. The molecule has 138 valence electrons. The molecule has 0 saturated heterocycles. The molecule has 0 spiro atoms. The summed E-state index contributed by atoms with van der Waals surface area (Å²) in [7, 11) is 0. The summed E-state index contributed by atoms with van der Waals surface area (Å²) >= 11 is 6.65. The van der Waals surface area contributed by atoms with E-state index in [1.54, 1.807) is 24.3 Å². The predicted molar refractivity (Wildman–Crippen MR) is 113 cm³/mol. The van der Waals surface area contributed by atoms with Crippen LogP contribution in [0.2, 0.25) is 0 Å². The molecule has 0 radical (unpaired) electrons. The van der Waals surface area contributed by atoms with Crippen LogP contribution in [0.4, 0.5) is 5.13 Å². The fourth-order valence-corrected chi connectivity index (χ4v) is 3.31. The van der Waals surface area contributed by atoms with Gasteiger partial charge < -0.3 is 10.1 Å². The van der Waals surface area contributed by atoms with Crippen LogP contribution in [-0.2, 0) is 0 Å². The van der Waals surface area contributed by atoms with Gasteiger partial charge in [0.1, 0.15) is 5.75 Å². The van der Waals surface area contributed by atoms with Crippen LogP contribution < -0.4 is 15.4 Å². The molecule has 27 heavy (non-hydrogen) atoms. The van der Waals surface area contributed by atoms with Crippen LogP contribution >= 0.6 is 23.6 Å². The summed E-state index contributed by atoms with van der Waals surface area (Å²) < 4.78 is 5.57. The third kappa shape index (κ3) is 5.35. The molecule has 3 rings (SSSR count). The molecular weight excluding hydrogens is 378 g/mol. The van der Waals surface area contributed by atoms with Crippen molar-refractivity contribution < 1.29 is 9.53 Å². The third-order valence-corrected chi connectivity index (χ3v) is 4.47. The average Bonchev–Trinajstić information content (AvgIpc) is 3.11. The van der Waals surface area contributed by atoms with Crippen LogP contribution in [0.3, 0.4) is 0 Å². The van der Waals surface area contributed by atoms with Gasteiger partial charge in [-0.05, 0) is 50.3 Å². The zero-order valence-corrected chi connectivity index (χ0v) is 16.6. The van der Waals surface area contributed by atoms with E-state index in [4.69, 9.17) is 17.0 Å². The van der Waals surface area contributed by atoms with Gasteiger partial charge in [-0.25, -0.2) is 4.98 Å². The number of amides is 1. The molecule has 0 bridgehead atoms. The molecule has 0 aliphatic carbocycles. The Morgan fingerprint density at radius 1 is 1.11 bits per heavy atom. The first kappa shape index (κ1) is 19.0. The number of carbonyl (C=O) groups is 1. The van der Waals surface area contributed by atoms with Crippen LogP contribution in [0.5, 0.6) is 5.75 Å². The number of ether oxygens (including phenoxy) is 1. The van der Waals surface area contributed by atoms with Crippen LogP contribution in [0, 0.1) is 0 Å². The number of thiocarbonyl (C=S) groups is 1. The first-order valence-electron chi connectivity index (χ1n) is 8.41. The number of hydrogen-bond donors (Lipinski definition) is 2. The van der Waals surface area contributed by atoms with E-state index in [0.29, 0.717) is 10.7 Å². The Labute approximate surface area is 167 Å². The maximum Gasteiger partial charge on any atom is 0.257 e. The number of nitrogens with one attached hydrogen (secondary N) is 2. The molecule has 0 unspecified atom stereocenters. The lowest BCUT2D eigenvalue weighted by atomic mass is 10.2. The maximum atomic E-state index is 12.3. The highest BCUT2D eigenvalue weighted by Crippen LogP contribution is 2.24. The Morgan fingerprint density at radius 2 is 1.81 bits per heavy atom. The average molecular weight is 398 g/mol. The molecule has 1 amide bonds. The summed E-state index contributed by atoms with van der Waals surface area (Å²) in [4.78, 5) is 16.8. The Bertz CT molecular complexity index is 922. The van der Waals surface area contributed by atoms with Gasteiger partial charge in [-0.1, -0.05) is 30.3 Å². The fourth-order valence-electron chi connectivity index (χ4n) is 2.33. The topological polar surface area (TPSA) is 63.2 Å². The largest absolute Gasteiger partial charge is 0.491 e. The lowest BCUT2D eigenvalue weighted by Gasteiger charge is -2.10. The molecule has 1 heterocycles.